The van der Waals surface area contributed by atoms with Crippen molar-refractivity contribution in [1.29, 1.82) is 0 Å². The van der Waals surface area contributed by atoms with Gasteiger partial charge in [0.2, 0.25) is 0 Å². The minimum atomic E-state index is -0.161. The molecular formula is C11H15BrN2O2S. The number of hydrogen-bond donors (Lipinski definition) is 2. The van der Waals surface area contributed by atoms with Crippen molar-refractivity contribution in [2.24, 2.45) is 0 Å². The number of aromatic nitrogens is 1. The van der Waals surface area contributed by atoms with E-state index in [0.29, 0.717) is 12.0 Å². The van der Waals surface area contributed by atoms with Crippen LogP contribution in [0.25, 0.3) is 0 Å². The van der Waals surface area contributed by atoms with E-state index in [-0.39, 0.29) is 18.6 Å². The Morgan fingerprint density at radius 1 is 1.65 bits per heavy atom. The van der Waals surface area contributed by atoms with Gasteiger partial charge in [0, 0.05) is 35.3 Å². The fraction of sp³-hybridized carbons (Fsp3) is 0.455. The Bertz CT molecular complexity index is 370. The molecular weight excluding hydrogens is 304 g/mol. The zero-order valence-electron chi connectivity index (χ0n) is 9.52. The van der Waals surface area contributed by atoms with Crippen molar-refractivity contribution >= 4 is 33.6 Å². The Labute approximate surface area is 113 Å². The number of aliphatic hydroxyl groups is 1. The van der Waals surface area contributed by atoms with Crippen LogP contribution in [0.5, 0.6) is 0 Å². The lowest BCUT2D eigenvalue weighted by Crippen LogP contribution is -2.37. The average Bonchev–Trinajstić information content (AvgIpc) is 2.29. The molecule has 1 unspecified atom stereocenters. The van der Waals surface area contributed by atoms with Crippen LogP contribution in [0.15, 0.2) is 22.9 Å². The summed E-state index contributed by atoms with van der Waals surface area (Å²) < 4.78 is 0.772. The number of rotatable bonds is 6. The number of carbonyl (C=O) groups is 1. The normalized spacial score (nSPS) is 12.2. The first-order valence-electron chi connectivity index (χ1n) is 5.18. The number of nitrogens with one attached hydrogen (secondary N) is 1. The van der Waals surface area contributed by atoms with Crippen LogP contribution < -0.4 is 5.32 Å². The quantitative estimate of drug-likeness (QED) is 0.838. The lowest BCUT2D eigenvalue weighted by Gasteiger charge is -2.16. The molecule has 1 aromatic rings. The molecule has 0 aliphatic heterocycles. The number of thioether (sulfide) groups is 1. The summed E-state index contributed by atoms with van der Waals surface area (Å²) in [6.45, 7) is 0.0717. The molecule has 0 saturated heterocycles. The smallest absolute Gasteiger partial charge is 0.253 e. The van der Waals surface area contributed by atoms with Crippen LogP contribution in [0.1, 0.15) is 16.8 Å². The van der Waals surface area contributed by atoms with Crippen molar-refractivity contribution in [3.8, 4) is 0 Å². The maximum absolute atomic E-state index is 11.9. The van der Waals surface area contributed by atoms with Gasteiger partial charge >= 0.3 is 0 Å². The molecule has 1 atom stereocenters. The standard InChI is InChI=1S/C11H15BrN2O2S/c1-17-7-10(2-3-15)14-11(16)8-4-9(12)6-13-5-8/h4-6,10,15H,2-3,7H2,1H3,(H,14,16). The van der Waals surface area contributed by atoms with Crippen molar-refractivity contribution in [2.75, 3.05) is 18.6 Å². The number of amides is 1. The molecule has 94 valence electrons. The number of hydrogen-bond acceptors (Lipinski definition) is 4. The zero-order chi connectivity index (χ0) is 12.7. The Hall–Kier alpha value is -0.590. The van der Waals surface area contributed by atoms with Gasteiger partial charge in [-0.3, -0.25) is 9.78 Å². The third kappa shape index (κ3) is 5.06. The molecule has 1 aromatic heterocycles. The van der Waals surface area contributed by atoms with E-state index in [1.807, 2.05) is 6.26 Å². The van der Waals surface area contributed by atoms with Crippen molar-refractivity contribution in [2.45, 2.75) is 12.5 Å². The number of halogens is 1. The predicted octanol–water partition coefficient (Wildman–Crippen LogP) is 1.69. The first kappa shape index (κ1) is 14.5. The number of carbonyl (C=O) groups excluding carboxylic acids is 1. The maximum Gasteiger partial charge on any atom is 0.253 e. The summed E-state index contributed by atoms with van der Waals surface area (Å²) in [5.74, 6) is 0.625. The Balaban J connectivity index is 2.63. The molecule has 1 heterocycles. The highest BCUT2D eigenvalue weighted by atomic mass is 79.9. The molecule has 0 radical (unpaired) electrons. The van der Waals surface area contributed by atoms with Crippen molar-refractivity contribution in [3.05, 3.63) is 28.5 Å². The fourth-order valence-corrected chi connectivity index (χ4v) is 2.38. The third-order valence-electron chi connectivity index (χ3n) is 2.15. The molecule has 0 aliphatic carbocycles. The van der Waals surface area contributed by atoms with Crippen LogP contribution in [-0.2, 0) is 0 Å². The van der Waals surface area contributed by atoms with Crippen molar-refractivity contribution < 1.29 is 9.90 Å². The first-order chi connectivity index (χ1) is 8.17. The van der Waals surface area contributed by atoms with Gasteiger partial charge in [0.25, 0.3) is 5.91 Å². The van der Waals surface area contributed by atoms with Gasteiger partial charge < -0.3 is 10.4 Å². The van der Waals surface area contributed by atoms with E-state index in [0.717, 1.165) is 10.2 Å². The molecule has 6 heteroatoms. The molecule has 4 nitrogen and oxygen atoms in total. The Morgan fingerprint density at radius 2 is 2.41 bits per heavy atom. The molecule has 1 rings (SSSR count). The number of pyridine rings is 1. The van der Waals surface area contributed by atoms with Gasteiger partial charge in [0.15, 0.2) is 0 Å². The number of aliphatic hydroxyl groups excluding tert-OH is 1. The van der Waals surface area contributed by atoms with Crippen LogP contribution in [0, 0.1) is 0 Å². The summed E-state index contributed by atoms with van der Waals surface area (Å²) in [5, 5.41) is 11.8. The lowest BCUT2D eigenvalue weighted by molar-refractivity contribution is 0.0935. The highest BCUT2D eigenvalue weighted by Gasteiger charge is 2.13. The summed E-state index contributed by atoms with van der Waals surface area (Å²) in [5.41, 5.74) is 0.517. The monoisotopic (exact) mass is 318 g/mol. The predicted molar refractivity (Wildman–Crippen MR) is 73.3 cm³/mol. The Morgan fingerprint density at radius 3 is 3.00 bits per heavy atom. The van der Waals surface area contributed by atoms with E-state index in [1.165, 1.54) is 6.20 Å². The van der Waals surface area contributed by atoms with Crippen LogP contribution in [-0.4, -0.2) is 40.7 Å². The molecule has 0 fully saturated rings. The van der Waals surface area contributed by atoms with E-state index in [1.54, 1.807) is 24.0 Å². The van der Waals surface area contributed by atoms with E-state index in [2.05, 4.69) is 26.2 Å². The van der Waals surface area contributed by atoms with E-state index < -0.39 is 0 Å². The topological polar surface area (TPSA) is 62.2 Å². The summed E-state index contributed by atoms with van der Waals surface area (Å²) >= 11 is 4.91. The minimum absolute atomic E-state index is 0.0125. The molecule has 1 amide bonds. The summed E-state index contributed by atoms with van der Waals surface area (Å²) in [4.78, 5) is 15.8. The van der Waals surface area contributed by atoms with E-state index in [4.69, 9.17) is 5.11 Å². The van der Waals surface area contributed by atoms with Crippen LogP contribution in [0.4, 0.5) is 0 Å². The largest absolute Gasteiger partial charge is 0.396 e. The average molecular weight is 319 g/mol. The highest BCUT2D eigenvalue weighted by Crippen LogP contribution is 2.10. The van der Waals surface area contributed by atoms with Crippen LogP contribution in [0.2, 0.25) is 0 Å². The van der Waals surface area contributed by atoms with Gasteiger partial charge in [0.05, 0.1) is 5.56 Å². The molecule has 0 aliphatic rings. The lowest BCUT2D eigenvalue weighted by atomic mass is 10.2. The second-order valence-corrected chi connectivity index (χ2v) is 5.36. The van der Waals surface area contributed by atoms with Gasteiger partial charge in [-0.2, -0.15) is 11.8 Å². The third-order valence-corrected chi connectivity index (χ3v) is 3.32. The maximum atomic E-state index is 11.9. The minimum Gasteiger partial charge on any atom is -0.396 e. The number of nitrogens with zero attached hydrogens (tertiary/aromatic N) is 1. The fourth-order valence-electron chi connectivity index (χ4n) is 1.36. The second kappa shape index (κ2) is 7.68. The molecule has 17 heavy (non-hydrogen) atoms. The van der Waals surface area contributed by atoms with E-state index >= 15 is 0 Å². The summed E-state index contributed by atoms with van der Waals surface area (Å²) in [6.07, 6.45) is 5.68. The molecule has 0 spiro atoms. The van der Waals surface area contributed by atoms with Crippen molar-refractivity contribution in [3.63, 3.8) is 0 Å². The van der Waals surface area contributed by atoms with Gasteiger partial charge in [-0.25, -0.2) is 0 Å². The molecule has 0 bridgehead atoms. The summed E-state index contributed by atoms with van der Waals surface area (Å²) in [6, 6.07) is 1.71. The molecule has 2 N–H and O–H groups in total. The van der Waals surface area contributed by atoms with Gasteiger partial charge in [-0.05, 0) is 34.7 Å². The van der Waals surface area contributed by atoms with E-state index in [9.17, 15) is 4.79 Å². The van der Waals surface area contributed by atoms with Crippen LogP contribution >= 0.6 is 27.7 Å². The molecule has 0 saturated carbocycles. The van der Waals surface area contributed by atoms with Gasteiger partial charge in [0.1, 0.15) is 0 Å². The van der Waals surface area contributed by atoms with Crippen molar-refractivity contribution in [1.82, 2.24) is 10.3 Å². The highest BCUT2D eigenvalue weighted by molar-refractivity contribution is 9.10. The summed E-state index contributed by atoms with van der Waals surface area (Å²) in [7, 11) is 0. The van der Waals surface area contributed by atoms with Crippen LogP contribution in [0.3, 0.4) is 0 Å². The SMILES string of the molecule is CSCC(CCO)NC(=O)c1cncc(Br)c1. The van der Waals surface area contributed by atoms with Gasteiger partial charge in [-0.15, -0.1) is 0 Å². The second-order valence-electron chi connectivity index (χ2n) is 3.53. The first-order valence-corrected chi connectivity index (χ1v) is 7.37. The Kier molecular flexibility index (Phi) is 6.54. The van der Waals surface area contributed by atoms with Gasteiger partial charge in [-0.1, -0.05) is 0 Å². The zero-order valence-corrected chi connectivity index (χ0v) is 11.9. The molecule has 0 aromatic carbocycles.